The van der Waals surface area contributed by atoms with E-state index in [-0.39, 0.29) is 11.5 Å². The van der Waals surface area contributed by atoms with Gasteiger partial charge in [-0.15, -0.1) is 0 Å². The minimum atomic E-state index is -2.86. The number of rotatable bonds is 4. The molecule has 0 aliphatic carbocycles. The molecule has 0 atom stereocenters. The van der Waals surface area contributed by atoms with Gasteiger partial charge in [-0.05, 0) is 6.92 Å². The lowest BCUT2D eigenvalue weighted by Crippen LogP contribution is -2.41. The molecule has 0 bridgehead atoms. The van der Waals surface area contributed by atoms with Crippen molar-refractivity contribution in [2.24, 2.45) is 7.05 Å². The summed E-state index contributed by atoms with van der Waals surface area (Å²) in [5.41, 5.74) is 2.17. The second kappa shape index (κ2) is 5.73. The summed E-state index contributed by atoms with van der Waals surface area (Å²) in [6, 6.07) is 0.407. The van der Waals surface area contributed by atoms with Gasteiger partial charge in [0.1, 0.15) is 5.82 Å². The van der Waals surface area contributed by atoms with Gasteiger partial charge in [-0.2, -0.15) is 5.10 Å². The van der Waals surface area contributed by atoms with Crippen molar-refractivity contribution in [2.45, 2.75) is 33.4 Å². The van der Waals surface area contributed by atoms with Crippen molar-refractivity contribution in [3.63, 3.8) is 0 Å². The zero-order chi connectivity index (χ0) is 14.9. The molecule has 0 unspecified atom stereocenters. The minimum absolute atomic E-state index is 0.230. The van der Waals surface area contributed by atoms with E-state index in [1.807, 2.05) is 18.7 Å². The largest absolute Gasteiger partial charge is 0.355 e. The lowest BCUT2D eigenvalue weighted by atomic mass is 10.2. The summed E-state index contributed by atoms with van der Waals surface area (Å²) in [4.78, 5) is 2.14. The Morgan fingerprint density at radius 2 is 1.90 bits per heavy atom. The monoisotopic (exact) mass is 300 g/mol. The second-order valence-corrected chi connectivity index (χ2v) is 7.99. The van der Waals surface area contributed by atoms with Crippen LogP contribution in [0.25, 0.3) is 0 Å². The SMILES string of the molecule is Cc1nn(C)c(N2CCS(=O)(=O)CC2)c1CNC(C)C. The summed E-state index contributed by atoms with van der Waals surface area (Å²) in [5, 5.41) is 7.90. The van der Waals surface area contributed by atoms with E-state index in [2.05, 4.69) is 29.2 Å². The maximum absolute atomic E-state index is 11.6. The first-order chi connectivity index (χ1) is 9.30. The third-order valence-corrected chi connectivity index (χ3v) is 5.25. The molecule has 1 N–H and O–H groups in total. The number of sulfone groups is 1. The van der Waals surface area contributed by atoms with Crippen molar-refractivity contribution < 1.29 is 8.42 Å². The molecule has 1 aromatic heterocycles. The fraction of sp³-hybridized carbons (Fsp3) is 0.769. The lowest BCUT2D eigenvalue weighted by Gasteiger charge is -2.29. The molecule has 1 aliphatic rings. The molecule has 6 nitrogen and oxygen atoms in total. The van der Waals surface area contributed by atoms with Crippen LogP contribution in [0.2, 0.25) is 0 Å². The predicted octanol–water partition coefficient (Wildman–Crippen LogP) is 0.461. The van der Waals surface area contributed by atoms with Gasteiger partial charge >= 0.3 is 0 Å². The topological polar surface area (TPSA) is 67.2 Å². The Labute approximate surface area is 121 Å². The molecule has 0 aromatic carbocycles. The molecule has 1 aromatic rings. The molecule has 0 spiro atoms. The van der Waals surface area contributed by atoms with Crippen LogP contribution in [0, 0.1) is 6.92 Å². The van der Waals surface area contributed by atoms with E-state index in [1.54, 1.807) is 0 Å². The summed E-state index contributed by atoms with van der Waals surface area (Å²) in [6.07, 6.45) is 0. The molecular formula is C13H24N4O2S. The molecule has 0 amide bonds. The van der Waals surface area contributed by atoms with E-state index >= 15 is 0 Å². The third-order valence-electron chi connectivity index (χ3n) is 3.64. The molecule has 1 aliphatic heterocycles. The fourth-order valence-corrected chi connectivity index (χ4v) is 3.72. The van der Waals surface area contributed by atoms with E-state index in [4.69, 9.17) is 0 Å². The lowest BCUT2D eigenvalue weighted by molar-refractivity contribution is 0.579. The number of aromatic nitrogens is 2. The summed E-state index contributed by atoms with van der Waals surface area (Å²) in [5.74, 6) is 1.51. The van der Waals surface area contributed by atoms with Gasteiger partial charge in [0.05, 0.1) is 17.2 Å². The number of nitrogens with zero attached hydrogens (tertiary/aromatic N) is 3. The van der Waals surface area contributed by atoms with Crippen LogP contribution in [0.15, 0.2) is 0 Å². The highest BCUT2D eigenvalue weighted by atomic mass is 32.2. The maximum atomic E-state index is 11.6. The van der Waals surface area contributed by atoms with E-state index in [1.165, 1.54) is 5.56 Å². The van der Waals surface area contributed by atoms with Crippen molar-refractivity contribution in [2.75, 3.05) is 29.5 Å². The smallest absolute Gasteiger partial charge is 0.153 e. The fourth-order valence-electron chi connectivity index (χ4n) is 2.52. The van der Waals surface area contributed by atoms with Crippen molar-refractivity contribution in [3.8, 4) is 0 Å². The Bertz CT molecular complexity index is 563. The zero-order valence-corrected chi connectivity index (χ0v) is 13.5. The van der Waals surface area contributed by atoms with Crippen molar-refractivity contribution in [1.82, 2.24) is 15.1 Å². The first kappa shape index (κ1) is 15.3. The van der Waals surface area contributed by atoms with Crippen LogP contribution in [0.5, 0.6) is 0 Å². The average molecular weight is 300 g/mol. The second-order valence-electron chi connectivity index (χ2n) is 5.69. The molecule has 1 saturated heterocycles. The quantitative estimate of drug-likeness (QED) is 0.875. The highest BCUT2D eigenvalue weighted by Crippen LogP contribution is 2.24. The van der Waals surface area contributed by atoms with E-state index in [9.17, 15) is 8.42 Å². The number of hydrogen-bond acceptors (Lipinski definition) is 5. The molecule has 0 radical (unpaired) electrons. The number of hydrogen-bond donors (Lipinski definition) is 1. The van der Waals surface area contributed by atoms with Crippen LogP contribution < -0.4 is 10.2 Å². The standard InChI is InChI=1S/C13H24N4O2S/c1-10(2)14-9-12-11(3)15-16(4)13(12)17-5-7-20(18,19)8-6-17/h10,14H,5-9H2,1-4H3. The van der Waals surface area contributed by atoms with Gasteiger partial charge in [-0.1, -0.05) is 13.8 Å². The molecule has 2 heterocycles. The Morgan fingerprint density at radius 3 is 2.45 bits per heavy atom. The van der Waals surface area contributed by atoms with Crippen LogP contribution in [-0.4, -0.2) is 48.8 Å². The van der Waals surface area contributed by atoms with E-state index in [0.717, 1.165) is 18.1 Å². The van der Waals surface area contributed by atoms with Gasteiger partial charge in [0.25, 0.3) is 0 Å². The molecule has 114 valence electrons. The molecular weight excluding hydrogens is 276 g/mol. The van der Waals surface area contributed by atoms with Gasteiger partial charge in [-0.3, -0.25) is 4.68 Å². The van der Waals surface area contributed by atoms with Crippen molar-refractivity contribution in [1.29, 1.82) is 0 Å². The molecule has 7 heteroatoms. The Balaban J connectivity index is 2.22. The van der Waals surface area contributed by atoms with E-state index < -0.39 is 9.84 Å². The molecule has 2 rings (SSSR count). The van der Waals surface area contributed by atoms with Gasteiger partial charge in [0.15, 0.2) is 9.84 Å². The maximum Gasteiger partial charge on any atom is 0.153 e. The summed E-state index contributed by atoms with van der Waals surface area (Å²) < 4.78 is 25.0. The van der Waals surface area contributed by atoms with Gasteiger partial charge in [0, 0.05) is 38.3 Å². The van der Waals surface area contributed by atoms with Crippen LogP contribution in [0.1, 0.15) is 25.1 Å². The van der Waals surface area contributed by atoms with Crippen LogP contribution in [-0.2, 0) is 23.4 Å². The van der Waals surface area contributed by atoms with Crippen LogP contribution >= 0.6 is 0 Å². The number of aryl methyl sites for hydroxylation is 2. The number of nitrogens with one attached hydrogen (secondary N) is 1. The Kier molecular flexibility index (Phi) is 4.39. The predicted molar refractivity (Wildman–Crippen MR) is 80.8 cm³/mol. The number of anilines is 1. The average Bonchev–Trinajstić information content (AvgIpc) is 2.61. The highest BCUT2D eigenvalue weighted by Gasteiger charge is 2.26. The normalized spacial score (nSPS) is 18.8. The highest BCUT2D eigenvalue weighted by molar-refractivity contribution is 7.91. The van der Waals surface area contributed by atoms with Crippen molar-refractivity contribution in [3.05, 3.63) is 11.3 Å². The summed E-state index contributed by atoms with van der Waals surface area (Å²) in [7, 11) is -0.934. The van der Waals surface area contributed by atoms with Gasteiger partial charge < -0.3 is 10.2 Å². The molecule has 0 saturated carbocycles. The van der Waals surface area contributed by atoms with Crippen LogP contribution in [0.4, 0.5) is 5.82 Å². The summed E-state index contributed by atoms with van der Waals surface area (Å²) in [6.45, 7) is 8.08. The van der Waals surface area contributed by atoms with Gasteiger partial charge in [0.2, 0.25) is 0 Å². The first-order valence-corrected chi connectivity index (χ1v) is 8.83. The third kappa shape index (κ3) is 3.32. The van der Waals surface area contributed by atoms with Gasteiger partial charge in [-0.25, -0.2) is 8.42 Å². The Morgan fingerprint density at radius 1 is 1.30 bits per heavy atom. The van der Waals surface area contributed by atoms with Crippen LogP contribution in [0.3, 0.4) is 0 Å². The van der Waals surface area contributed by atoms with Crippen molar-refractivity contribution >= 4 is 15.7 Å². The molecule has 1 fully saturated rings. The summed E-state index contributed by atoms with van der Waals surface area (Å²) >= 11 is 0. The minimum Gasteiger partial charge on any atom is -0.355 e. The Hall–Kier alpha value is -1.08. The zero-order valence-electron chi connectivity index (χ0n) is 12.7. The molecule has 20 heavy (non-hydrogen) atoms. The van der Waals surface area contributed by atoms with E-state index in [0.29, 0.717) is 19.1 Å². The first-order valence-electron chi connectivity index (χ1n) is 7.01.